The normalized spacial score (nSPS) is 18.6. The molecular formula is C12H10N2OS2. The first kappa shape index (κ1) is 12.0. The summed E-state index contributed by atoms with van der Waals surface area (Å²) >= 11 is 6.13. The zero-order valence-electron chi connectivity index (χ0n) is 8.87. The van der Waals surface area contributed by atoms with Gasteiger partial charge >= 0.3 is 0 Å². The summed E-state index contributed by atoms with van der Waals surface area (Å²) < 4.78 is 0.384. The van der Waals surface area contributed by atoms with Gasteiger partial charge in [0.05, 0.1) is 4.91 Å². The number of nitrogens with two attached hydrogens (primary N) is 1. The van der Waals surface area contributed by atoms with Crippen molar-refractivity contribution < 1.29 is 4.79 Å². The van der Waals surface area contributed by atoms with Crippen LogP contribution < -0.4 is 5.84 Å². The maximum Gasteiger partial charge on any atom is 0.280 e. The van der Waals surface area contributed by atoms with E-state index in [2.05, 4.69) is 0 Å². The first-order valence-electron chi connectivity index (χ1n) is 4.93. The van der Waals surface area contributed by atoms with Gasteiger partial charge in [-0.25, -0.2) is 10.9 Å². The van der Waals surface area contributed by atoms with Crippen molar-refractivity contribution in [2.75, 3.05) is 0 Å². The third-order valence-electron chi connectivity index (χ3n) is 2.16. The van der Waals surface area contributed by atoms with E-state index in [9.17, 15) is 4.79 Å². The summed E-state index contributed by atoms with van der Waals surface area (Å²) in [4.78, 5) is 12.1. The minimum Gasteiger partial charge on any atom is -0.267 e. The van der Waals surface area contributed by atoms with Gasteiger partial charge in [-0.1, -0.05) is 66.5 Å². The van der Waals surface area contributed by atoms with Crippen LogP contribution in [0.15, 0.2) is 47.4 Å². The average Bonchev–Trinajstić information content (AvgIpc) is 2.59. The summed E-state index contributed by atoms with van der Waals surface area (Å²) in [6, 6.07) is 9.84. The van der Waals surface area contributed by atoms with E-state index in [-0.39, 0.29) is 5.91 Å². The molecule has 1 aromatic rings. The second-order valence-corrected chi connectivity index (χ2v) is 5.02. The van der Waals surface area contributed by atoms with Crippen LogP contribution in [0.1, 0.15) is 5.56 Å². The molecule has 0 aromatic heterocycles. The van der Waals surface area contributed by atoms with Crippen LogP contribution in [0, 0.1) is 0 Å². The van der Waals surface area contributed by atoms with Gasteiger partial charge in [0.2, 0.25) is 0 Å². The van der Waals surface area contributed by atoms with Crippen LogP contribution in [0.2, 0.25) is 0 Å². The molecule has 17 heavy (non-hydrogen) atoms. The molecule has 0 spiro atoms. The molecule has 0 atom stereocenters. The first-order valence-corrected chi connectivity index (χ1v) is 6.15. The van der Waals surface area contributed by atoms with Gasteiger partial charge in [0.15, 0.2) is 4.32 Å². The second kappa shape index (κ2) is 5.27. The molecule has 86 valence electrons. The second-order valence-electron chi connectivity index (χ2n) is 3.34. The van der Waals surface area contributed by atoms with Gasteiger partial charge < -0.3 is 0 Å². The van der Waals surface area contributed by atoms with Gasteiger partial charge in [0, 0.05) is 0 Å². The molecule has 2 N–H and O–H groups in total. The fraction of sp³-hybridized carbons (Fsp3) is 0. The van der Waals surface area contributed by atoms with Gasteiger partial charge in [-0.05, 0) is 11.6 Å². The quantitative estimate of drug-likeness (QED) is 0.384. The molecule has 0 aliphatic carbocycles. The largest absolute Gasteiger partial charge is 0.280 e. The highest BCUT2D eigenvalue weighted by Crippen LogP contribution is 2.28. The molecule has 0 saturated carbocycles. The Balaban J connectivity index is 2.10. The first-order chi connectivity index (χ1) is 8.18. The van der Waals surface area contributed by atoms with Gasteiger partial charge in [-0.15, -0.1) is 0 Å². The standard InChI is InChI=1S/C12H10N2OS2/c13-14-11(15)10(17-12(14)16)8-4-7-9-5-2-1-3-6-9/h1-8H,13H2/b7-4-,10-8+. The average molecular weight is 262 g/mol. The number of benzene rings is 1. The molecule has 1 aliphatic rings. The third kappa shape index (κ3) is 2.82. The van der Waals surface area contributed by atoms with Crippen LogP contribution in [0.5, 0.6) is 0 Å². The summed E-state index contributed by atoms with van der Waals surface area (Å²) in [5, 5.41) is 0.988. The lowest BCUT2D eigenvalue weighted by atomic mass is 10.2. The molecule has 1 fully saturated rings. The Hall–Kier alpha value is -1.43. The summed E-state index contributed by atoms with van der Waals surface area (Å²) in [5.41, 5.74) is 1.08. The highest BCUT2D eigenvalue weighted by Gasteiger charge is 2.28. The summed E-state index contributed by atoms with van der Waals surface area (Å²) in [7, 11) is 0. The Morgan fingerprint density at radius 1 is 1.29 bits per heavy atom. The molecule has 1 saturated heterocycles. The van der Waals surface area contributed by atoms with Crippen molar-refractivity contribution >= 4 is 40.3 Å². The highest BCUT2D eigenvalue weighted by atomic mass is 32.2. The Bertz CT molecular complexity index is 508. The monoisotopic (exact) mass is 262 g/mol. The lowest BCUT2D eigenvalue weighted by molar-refractivity contribution is -0.122. The predicted molar refractivity (Wildman–Crippen MR) is 74.8 cm³/mol. The Kier molecular flexibility index (Phi) is 3.73. The van der Waals surface area contributed by atoms with E-state index in [1.54, 1.807) is 6.08 Å². The molecule has 0 radical (unpaired) electrons. The number of nitrogens with zero attached hydrogens (tertiary/aromatic N) is 1. The van der Waals surface area contributed by atoms with Crippen molar-refractivity contribution in [3.05, 3.63) is 53.0 Å². The number of amides is 1. The Morgan fingerprint density at radius 2 is 2.00 bits per heavy atom. The smallest absolute Gasteiger partial charge is 0.267 e. The van der Waals surface area contributed by atoms with Crippen molar-refractivity contribution in [3.63, 3.8) is 0 Å². The molecule has 1 heterocycles. The molecule has 1 aliphatic heterocycles. The lowest BCUT2D eigenvalue weighted by Crippen LogP contribution is -2.34. The number of carbonyl (C=O) groups excluding carboxylic acids is 1. The van der Waals surface area contributed by atoms with Gasteiger partial charge in [-0.3, -0.25) is 4.79 Å². The minimum atomic E-state index is -0.252. The van der Waals surface area contributed by atoms with E-state index in [0.717, 1.165) is 10.6 Å². The van der Waals surface area contributed by atoms with Crippen LogP contribution in [0.25, 0.3) is 6.08 Å². The number of allylic oxidation sites excluding steroid dienone is 2. The SMILES string of the molecule is NN1C(=O)/C(=C\C=C/c2ccccc2)SC1=S. The van der Waals surface area contributed by atoms with E-state index >= 15 is 0 Å². The van der Waals surface area contributed by atoms with Crippen LogP contribution in [0.4, 0.5) is 0 Å². The Labute approximate surface area is 109 Å². The lowest BCUT2D eigenvalue weighted by Gasteiger charge is -2.02. The molecule has 0 unspecified atom stereocenters. The number of hydrazine groups is 1. The fourth-order valence-corrected chi connectivity index (χ4v) is 2.36. The summed E-state index contributed by atoms with van der Waals surface area (Å²) in [5.74, 6) is 5.20. The number of hydrogen-bond acceptors (Lipinski definition) is 4. The van der Waals surface area contributed by atoms with Crippen molar-refractivity contribution in [1.82, 2.24) is 5.01 Å². The summed E-state index contributed by atoms with van der Waals surface area (Å²) in [6.07, 6.45) is 5.46. The maximum absolute atomic E-state index is 11.5. The number of carbonyl (C=O) groups is 1. The van der Waals surface area contributed by atoms with Gasteiger partial charge in [0.25, 0.3) is 5.91 Å². The van der Waals surface area contributed by atoms with Crippen LogP contribution in [0.3, 0.4) is 0 Å². The van der Waals surface area contributed by atoms with E-state index in [1.807, 2.05) is 42.5 Å². The van der Waals surface area contributed by atoms with E-state index in [1.165, 1.54) is 11.8 Å². The molecule has 0 bridgehead atoms. The number of thiocarbonyl (C=S) groups is 1. The van der Waals surface area contributed by atoms with Crippen LogP contribution in [-0.4, -0.2) is 15.2 Å². The molecular weight excluding hydrogens is 252 g/mol. The van der Waals surface area contributed by atoms with Crippen LogP contribution >= 0.6 is 24.0 Å². The summed E-state index contributed by atoms with van der Waals surface area (Å²) in [6.45, 7) is 0. The fourth-order valence-electron chi connectivity index (χ4n) is 1.30. The van der Waals surface area contributed by atoms with E-state index < -0.39 is 0 Å². The number of thioether (sulfide) groups is 1. The van der Waals surface area contributed by atoms with Crippen molar-refractivity contribution in [2.45, 2.75) is 0 Å². The molecule has 3 nitrogen and oxygen atoms in total. The topological polar surface area (TPSA) is 46.3 Å². The minimum absolute atomic E-state index is 0.252. The number of rotatable bonds is 2. The van der Waals surface area contributed by atoms with Gasteiger partial charge in [0.1, 0.15) is 0 Å². The molecule has 1 aromatic carbocycles. The third-order valence-corrected chi connectivity index (χ3v) is 3.51. The molecule has 1 amide bonds. The van der Waals surface area contributed by atoms with E-state index in [0.29, 0.717) is 9.23 Å². The highest BCUT2D eigenvalue weighted by molar-refractivity contribution is 8.26. The molecule has 5 heteroatoms. The predicted octanol–water partition coefficient (Wildman–Crippen LogP) is 2.32. The van der Waals surface area contributed by atoms with E-state index in [4.69, 9.17) is 18.1 Å². The van der Waals surface area contributed by atoms with Crippen LogP contribution in [-0.2, 0) is 4.79 Å². The van der Waals surface area contributed by atoms with Crippen molar-refractivity contribution in [3.8, 4) is 0 Å². The number of hydrogen-bond donors (Lipinski definition) is 1. The zero-order chi connectivity index (χ0) is 12.3. The van der Waals surface area contributed by atoms with Crippen molar-refractivity contribution in [1.29, 1.82) is 0 Å². The maximum atomic E-state index is 11.5. The Morgan fingerprint density at radius 3 is 2.59 bits per heavy atom. The zero-order valence-corrected chi connectivity index (χ0v) is 10.5. The van der Waals surface area contributed by atoms with Gasteiger partial charge in [-0.2, -0.15) is 0 Å². The van der Waals surface area contributed by atoms with Crippen molar-refractivity contribution in [2.24, 2.45) is 5.84 Å². The molecule has 2 rings (SSSR count).